The van der Waals surface area contributed by atoms with Crippen molar-refractivity contribution in [2.75, 3.05) is 39.4 Å². The molecular formula is C13H24N2O2. The van der Waals surface area contributed by atoms with Crippen molar-refractivity contribution in [3.05, 3.63) is 12.7 Å². The molecule has 0 aliphatic carbocycles. The number of piperidine rings is 1. The van der Waals surface area contributed by atoms with Crippen LogP contribution in [0, 0.1) is 0 Å². The fourth-order valence-electron chi connectivity index (χ4n) is 1.86. The molecule has 4 nitrogen and oxygen atoms in total. The van der Waals surface area contributed by atoms with Crippen LogP contribution in [-0.4, -0.2) is 50.2 Å². The molecule has 0 unspecified atom stereocenters. The van der Waals surface area contributed by atoms with Gasteiger partial charge in [-0.2, -0.15) is 0 Å². The van der Waals surface area contributed by atoms with Crippen LogP contribution in [0.25, 0.3) is 0 Å². The lowest BCUT2D eigenvalue weighted by atomic mass is 10.1. The van der Waals surface area contributed by atoms with Gasteiger partial charge in [0.25, 0.3) is 0 Å². The van der Waals surface area contributed by atoms with E-state index < -0.39 is 0 Å². The molecule has 0 atom stereocenters. The van der Waals surface area contributed by atoms with Gasteiger partial charge in [-0.05, 0) is 25.7 Å². The van der Waals surface area contributed by atoms with Crippen LogP contribution < -0.4 is 5.32 Å². The third-order valence-corrected chi connectivity index (χ3v) is 2.87. The van der Waals surface area contributed by atoms with Crippen LogP contribution >= 0.6 is 0 Å². The molecule has 1 saturated heterocycles. The topological polar surface area (TPSA) is 41.6 Å². The van der Waals surface area contributed by atoms with Crippen molar-refractivity contribution in [3.63, 3.8) is 0 Å². The largest absolute Gasteiger partial charge is 0.380 e. The van der Waals surface area contributed by atoms with Crippen LogP contribution in [0.5, 0.6) is 0 Å². The standard InChI is InChI=1S/C13H24N2O2/c1-2-3-10-17-11-7-14-12-13(16)15-8-5-4-6-9-15/h2,14H,1,3-12H2. The third-order valence-electron chi connectivity index (χ3n) is 2.87. The molecule has 0 saturated carbocycles. The molecule has 1 aliphatic rings. The highest BCUT2D eigenvalue weighted by Crippen LogP contribution is 2.07. The lowest BCUT2D eigenvalue weighted by molar-refractivity contribution is -0.131. The Hall–Kier alpha value is -0.870. The first-order chi connectivity index (χ1) is 8.34. The maximum absolute atomic E-state index is 11.7. The predicted molar refractivity (Wildman–Crippen MR) is 68.9 cm³/mol. The molecule has 0 bridgehead atoms. The minimum Gasteiger partial charge on any atom is -0.380 e. The number of amides is 1. The Kier molecular flexibility index (Phi) is 7.67. The summed E-state index contributed by atoms with van der Waals surface area (Å²) in [5, 5.41) is 3.12. The first-order valence-electron chi connectivity index (χ1n) is 6.51. The summed E-state index contributed by atoms with van der Waals surface area (Å²) in [7, 11) is 0. The van der Waals surface area contributed by atoms with E-state index in [0.717, 1.165) is 38.9 Å². The maximum Gasteiger partial charge on any atom is 0.236 e. The number of carbonyl (C=O) groups excluding carboxylic acids is 1. The monoisotopic (exact) mass is 240 g/mol. The van der Waals surface area contributed by atoms with E-state index in [0.29, 0.717) is 19.8 Å². The van der Waals surface area contributed by atoms with Crippen molar-refractivity contribution < 1.29 is 9.53 Å². The number of rotatable bonds is 8. The van der Waals surface area contributed by atoms with Crippen molar-refractivity contribution in [2.24, 2.45) is 0 Å². The first-order valence-corrected chi connectivity index (χ1v) is 6.51. The molecule has 0 aromatic rings. The van der Waals surface area contributed by atoms with Gasteiger partial charge in [-0.1, -0.05) is 6.08 Å². The smallest absolute Gasteiger partial charge is 0.236 e. The van der Waals surface area contributed by atoms with Gasteiger partial charge in [-0.25, -0.2) is 0 Å². The van der Waals surface area contributed by atoms with Crippen LogP contribution in [-0.2, 0) is 9.53 Å². The molecule has 0 aromatic carbocycles. The SMILES string of the molecule is C=CCCOCCNCC(=O)N1CCCCC1. The number of hydrogen-bond donors (Lipinski definition) is 1. The lowest BCUT2D eigenvalue weighted by Crippen LogP contribution is -2.41. The quantitative estimate of drug-likeness (QED) is 0.512. The molecule has 0 spiro atoms. The summed E-state index contributed by atoms with van der Waals surface area (Å²) in [6, 6.07) is 0. The normalized spacial score (nSPS) is 15.9. The number of nitrogens with one attached hydrogen (secondary N) is 1. The summed E-state index contributed by atoms with van der Waals surface area (Å²) in [5.41, 5.74) is 0. The minimum atomic E-state index is 0.218. The molecule has 1 heterocycles. The molecule has 1 amide bonds. The van der Waals surface area contributed by atoms with Crippen LogP contribution in [0.1, 0.15) is 25.7 Å². The predicted octanol–water partition coefficient (Wildman–Crippen LogP) is 1.18. The first kappa shape index (κ1) is 14.2. The van der Waals surface area contributed by atoms with Gasteiger partial charge in [-0.15, -0.1) is 6.58 Å². The molecule has 17 heavy (non-hydrogen) atoms. The van der Waals surface area contributed by atoms with Crippen molar-refractivity contribution in [3.8, 4) is 0 Å². The van der Waals surface area contributed by atoms with Crippen molar-refractivity contribution in [2.45, 2.75) is 25.7 Å². The molecule has 1 N–H and O–H groups in total. The van der Waals surface area contributed by atoms with Crippen molar-refractivity contribution in [1.82, 2.24) is 10.2 Å². The zero-order chi connectivity index (χ0) is 12.3. The Morgan fingerprint density at radius 1 is 1.29 bits per heavy atom. The molecular weight excluding hydrogens is 216 g/mol. The molecule has 1 rings (SSSR count). The number of hydrogen-bond acceptors (Lipinski definition) is 3. The van der Waals surface area contributed by atoms with Crippen molar-refractivity contribution in [1.29, 1.82) is 0 Å². The van der Waals surface area contributed by atoms with Gasteiger partial charge < -0.3 is 15.0 Å². The second-order valence-corrected chi connectivity index (χ2v) is 4.31. The van der Waals surface area contributed by atoms with Crippen molar-refractivity contribution >= 4 is 5.91 Å². The fraction of sp³-hybridized carbons (Fsp3) is 0.769. The highest BCUT2D eigenvalue weighted by Gasteiger charge is 2.15. The zero-order valence-electron chi connectivity index (χ0n) is 10.6. The average molecular weight is 240 g/mol. The van der Waals surface area contributed by atoms with Gasteiger partial charge >= 0.3 is 0 Å². The van der Waals surface area contributed by atoms with Crippen LogP contribution in [0.4, 0.5) is 0 Å². The van der Waals surface area contributed by atoms with Crippen LogP contribution in [0.15, 0.2) is 12.7 Å². The summed E-state index contributed by atoms with van der Waals surface area (Å²) in [5.74, 6) is 0.218. The van der Waals surface area contributed by atoms with E-state index in [2.05, 4.69) is 11.9 Å². The van der Waals surface area contributed by atoms with Crippen LogP contribution in [0.3, 0.4) is 0 Å². The van der Waals surface area contributed by atoms with E-state index in [1.165, 1.54) is 6.42 Å². The van der Waals surface area contributed by atoms with E-state index in [4.69, 9.17) is 4.74 Å². The molecule has 0 radical (unpaired) electrons. The average Bonchev–Trinajstić information content (AvgIpc) is 2.38. The lowest BCUT2D eigenvalue weighted by Gasteiger charge is -2.26. The van der Waals surface area contributed by atoms with Gasteiger partial charge in [0.15, 0.2) is 0 Å². The van der Waals surface area contributed by atoms with E-state index in [1.807, 2.05) is 11.0 Å². The number of carbonyl (C=O) groups is 1. The Morgan fingerprint density at radius 3 is 2.76 bits per heavy atom. The van der Waals surface area contributed by atoms with Gasteiger partial charge in [0.2, 0.25) is 5.91 Å². The minimum absolute atomic E-state index is 0.218. The molecule has 4 heteroatoms. The van der Waals surface area contributed by atoms with Gasteiger partial charge in [0, 0.05) is 19.6 Å². The maximum atomic E-state index is 11.7. The summed E-state index contributed by atoms with van der Waals surface area (Å²) in [6.07, 6.45) is 6.28. The summed E-state index contributed by atoms with van der Waals surface area (Å²) >= 11 is 0. The molecule has 1 aliphatic heterocycles. The Morgan fingerprint density at radius 2 is 2.06 bits per heavy atom. The van der Waals surface area contributed by atoms with E-state index in [1.54, 1.807) is 0 Å². The fourth-order valence-corrected chi connectivity index (χ4v) is 1.86. The van der Waals surface area contributed by atoms with E-state index >= 15 is 0 Å². The highest BCUT2D eigenvalue weighted by molar-refractivity contribution is 5.78. The summed E-state index contributed by atoms with van der Waals surface area (Å²) in [6.45, 7) is 8.01. The zero-order valence-corrected chi connectivity index (χ0v) is 10.6. The van der Waals surface area contributed by atoms with E-state index in [9.17, 15) is 4.79 Å². The van der Waals surface area contributed by atoms with Gasteiger partial charge in [0.1, 0.15) is 0 Å². The van der Waals surface area contributed by atoms with Gasteiger partial charge in [0.05, 0.1) is 19.8 Å². The number of likely N-dealkylation sites (tertiary alicyclic amines) is 1. The molecule has 98 valence electrons. The second-order valence-electron chi connectivity index (χ2n) is 4.31. The third kappa shape index (κ3) is 6.44. The van der Waals surface area contributed by atoms with Crippen LogP contribution in [0.2, 0.25) is 0 Å². The Labute approximate surface area is 104 Å². The summed E-state index contributed by atoms with van der Waals surface area (Å²) < 4.78 is 5.34. The second kappa shape index (κ2) is 9.19. The Balaban J connectivity index is 1.94. The number of ether oxygens (including phenoxy) is 1. The highest BCUT2D eigenvalue weighted by atomic mass is 16.5. The van der Waals surface area contributed by atoms with E-state index in [-0.39, 0.29) is 5.91 Å². The molecule has 1 fully saturated rings. The Bertz CT molecular complexity index is 225. The summed E-state index contributed by atoms with van der Waals surface area (Å²) in [4.78, 5) is 13.7. The number of nitrogens with zero attached hydrogens (tertiary/aromatic N) is 1. The molecule has 0 aromatic heterocycles. The van der Waals surface area contributed by atoms with Gasteiger partial charge in [-0.3, -0.25) is 4.79 Å².